The molecule has 0 aliphatic carbocycles. The summed E-state index contributed by atoms with van der Waals surface area (Å²) < 4.78 is 12.1. The number of carbonyl (C=O) groups is 5. The Morgan fingerprint density at radius 3 is 1.95 bits per heavy atom. The van der Waals surface area contributed by atoms with E-state index in [9.17, 15) is 29.1 Å². The van der Waals surface area contributed by atoms with E-state index in [0.29, 0.717) is 40.2 Å². The molecule has 322 valence electrons. The normalized spacial score (nSPS) is 17.5. The molecule has 0 fully saturated rings. The highest BCUT2D eigenvalue weighted by Gasteiger charge is 2.36. The number of nitrogens with two attached hydrogens (primary N) is 3. The fourth-order valence-corrected chi connectivity index (χ4v) is 7.61. The molecule has 0 saturated carbocycles. The maximum atomic E-state index is 14.4. The number of nitrogens with one attached hydrogen (secondary N) is 1. The number of ether oxygens (including phenoxy) is 2. The molecule has 4 bridgehead atoms. The summed E-state index contributed by atoms with van der Waals surface area (Å²) in [5, 5.41) is 12.7. The lowest BCUT2D eigenvalue weighted by Gasteiger charge is -2.32. The third kappa shape index (κ3) is 15.1. The Hall–Kier alpha value is -4.33. The lowest BCUT2D eigenvalue weighted by Crippen LogP contribution is -2.45. The average Bonchev–Trinajstić information content (AvgIpc) is 3.20. The van der Waals surface area contributed by atoms with Crippen molar-refractivity contribution in [3.8, 4) is 22.6 Å². The second-order valence-electron chi connectivity index (χ2n) is 15.7. The van der Waals surface area contributed by atoms with Crippen molar-refractivity contribution in [2.45, 2.75) is 129 Å². The van der Waals surface area contributed by atoms with E-state index in [4.69, 9.17) is 26.7 Å². The highest BCUT2D eigenvalue weighted by Crippen LogP contribution is 2.41. The standard InChI is InChI=1S/C45H69N5O8/c1-4-5-6-7-8-9-10-11-12-13-14-15-35(51)29-34(20-21-46)44(54)50(3)42-33-17-19-41(58-25-23-48)37(30-33)36-27-32(16-18-40(36)57-24-22-47)28-38(45(55)56)49-43(53)31(2)26-39(42)52/h16-19,27,30-31,34,38,42H,4-15,20-26,28-29,46-48H2,1-3H3,(H,49,53)(H,55,56)/t31-,34-,38+,42+/m1/s1. The molecule has 13 nitrogen and oxygen atoms in total. The van der Waals surface area contributed by atoms with Gasteiger partial charge in [0.1, 0.15) is 42.6 Å². The van der Waals surface area contributed by atoms with Crippen molar-refractivity contribution in [1.82, 2.24) is 10.2 Å². The van der Waals surface area contributed by atoms with Crippen molar-refractivity contribution < 1.29 is 38.6 Å². The van der Waals surface area contributed by atoms with Gasteiger partial charge < -0.3 is 42.0 Å². The number of unbranched alkanes of at least 4 members (excludes halogenated alkanes) is 10. The van der Waals surface area contributed by atoms with E-state index in [-0.39, 0.29) is 64.3 Å². The lowest BCUT2D eigenvalue weighted by molar-refractivity contribution is -0.144. The maximum absolute atomic E-state index is 14.4. The van der Waals surface area contributed by atoms with Crippen LogP contribution >= 0.6 is 0 Å². The molecule has 3 rings (SSSR count). The number of nitrogens with zero attached hydrogens (tertiary/aromatic N) is 1. The molecule has 2 amide bonds. The molecule has 1 aliphatic rings. The summed E-state index contributed by atoms with van der Waals surface area (Å²) >= 11 is 0. The van der Waals surface area contributed by atoms with Gasteiger partial charge in [0.2, 0.25) is 11.8 Å². The van der Waals surface area contributed by atoms with Gasteiger partial charge in [-0.2, -0.15) is 0 Å². The zero-order chi connectivity index (χ0) is 42.5. The first kappa shape index (κ1) is 48.0. The minimum Gasteiger partial charge on any atom is -0.492 e. The summed E-state index contributed by atoms with van der Waals surface area (Å²) in [6.45, 7) is 4.79. The van der Waals surface area contributed by atoms with Crippen LogP contribution in [-0.4, -0.2) is 85.3 Å². The Morgan fingerprint density at radius 2 is 1.38 bits per heavy atom. The van der Waals surface area contributed by atoms with Crippen LogP contribution in [0.2, 0.25) is 0 Å². The smallest absolute Gasteiger partial charge is 0.326 e. The number of hydrogen-bond acceptors (Lipinski definition) is 10. The van der Waals surface area contributed by atoms with Crippen LogP contribution < -0.4 is 32.0 Å². The minimum absolute atomic E-state index is 0.0136. The number of benzene rings is 2. The second kappa shape index (κ2) is 25.9. The van der Waals surface area contributed by atoms with Crippen molar-refractivity contribution in [3.05, 3.63) is 47.5 Å². The highest BCUT2D eigenvalue weighted by atomic mass is 16.5. The zero-order valence-corrected chi connectivity index (χ0v) is 35.1. The molecule has 0 aromatic heterocycles. The Labute approximate surface area is 345 Å². The molecule has 13 heteroatoms. The molecule has 0 radical (unpaired) electrons. The Kier molecular flexibility index (Phi) is 21.5. The number of likely N-dealkylation sites (N-methyl/N-ethyl adjacent to an activating group) is 1. The second-order valence-corrected chi connectivity index (χ2v) is 15.7. The van der Waals surface area contributed by atoms with Crippen molar-refractivity contribution in [1.29, 1.82) is 0 Å². The molecule has 1 heterocycles. The van der Waals surface area contributed by atoms with Gasteiger partial charge in [-0.3, -0.25) is 19.2 Å². The topological polar surface area (TPSA) is 217 Å². The van der Waals surface area contributed by atoms with Gasteiger partial charge in [-0.05, 0) is 54.8 Å². The molecule has 58 heavy (non-hydrogen) atoms. The molecule has 4 atom stereocenters. The SMILES string of the molecule is CCCCCCCCCCCCCC(=O)C[C@@H](CCN)C(=O)N(C)[C@@H]1C(=O)C[C@@H](C)C(=O)N[C@H](C(=O)O)Cc2ccc(OCCN)c(c2)-c2cc1ccc2OCCN. The maximum Gasteiger partial charge on any atom is 0.326 e. The fraction of sp³-hybridized carbons (Fsp3) is 0.622. The number of ketones is 2. The van der Waals surface area contributed by atoms with Gasteiger partial charge >= 0.3 is 5.97 Å². The lowest BCUT2D eigenvalue weighted by atomic mass is 9.88. The highest BCUT2D eigenvalue weighted by molar-refractivity contribution is 5.95. The number of carboxylic acid groups (broad SMARTS) is 1. The summed E-state index contributed by atoms with van der Waals surface area (Å²) in [5.41, 5.74) is 19.7. The van der Waals surface area contributed by atoms with Gasteiger partial charge in [-0.15, -0.1) is 0 Å². The molecule has 2 aromatic rings. The molecular formula is C45H69N5O8. The third-order valence-electron chi connectivity index (χ3n) is 10.9. The van der Waals surface area contributed by atoms with Crippen molar-refractivity contribution in [2.24, 2.45) is 29.0 Å². The van der Waals surface area contributed by atoms with E-state index in [1.165, 1.54) is 56.9 Å². The van der Waals surface area contributed by atoms with Crippen LogP contribution in [0.3, 0.4) is 0 Å². The van der Waals surface area contributed by atoms with E-state index in [2.05, 4.69) is 12.2 Å². The molecule has 1 aliphatic heterocycles. The van der Waals surface area contributed by atoms with Crippen molar-refractivity contribution in [2.75, 3.05) is 39.9 Å². The van der Waals surface area contributed by atoms with Crippen LogP contribution in [0.1, 0.15) is 127 Å². The van der Waals surface area contributed by atoms with Crippen LogP contribution in [0.15, 0.2) is 36.4 Å². The number of Topliss-reactive ketones (excluding diaryl/α,β-unsaturated/α-hetero) is 2. The summed E-state index contributed by atoms with van der Waals surface area (Å²) in [4.78, 5) is 69.2. The molecule has 0 saturated heterocycles. The molecule has 2 aromatic carbocycles. The minimum atomic E-state index is -1.28. The van der Waals surface area contributed by atoms with Gasteiger partial charge in [-0.25, -0.2) is 4.79 Å². The summed E-state index contributed by atoms with van der Waals surface area (Å²) in [5.74, 6) is -3.47. The van der Waals surface area contributed by atoms with Crippen LogP contribution in [0.5, 0.6) is 11.5 Å². The summed E-state index contributed by atoms with van der Waals surface area (Å²) in [7, 11) is 1.53. The van der Waals surface area contributed by atoms with E-state index in [1.54, 1.807) is 43.3 Å². The third-order valence-corrected chi connectivity index (χ3v) is 10.9. The Morgan fingerprint density at radius 1 is 0.810 bits per heavy atom. The number of carboxylic acids is 1. The van der Waals surface area contributed by atoms with Gasteiger partial charge in [-0.1, -0.05) is 90.2 Å². The van der Waals surface area contributed by atoms with E-state index >= 15 is 0 Å². The average molecular weight is 808 g/mol. The number of rotatable bonds is 25. The van der Waals surface area contributed by atoms with Gasteiger partial charge in [0.25, 0.3) is 0 Å². The van der Waals surface area contributed by atoms with Crippen LogP contribution in [0.25, 0.3) is 11.1 Å². The van der Waals surface area contributed by atoms with Crippen LogP contribution in [0, 0.1) is 11.8 Å². The molecule has 8 N–H and O–H groups in total. The van der Waals surface area contributed by atoms with Gasteiger partial charge in [0, 0.05) is 68.8 Å². The first-order valence-electron chi connectivity index (χ1n) is 21.4. The number of amides is 2. The number of aliphatic carboxylic acids is 1. The van der Waals surface area contributed by atoms with Crippen molar-refractivity contribution >= 4 is 29.4 Å². The first-order chi connectivity index (χ1) is 27.9. The van der Waals surface area contributed by atoms with E-state index in [1.807, 2.05) is 0 Å². The van der Waals surface area contributed by atoms with Gasteiger partial charge in [0.15, 0.2) is 5.78 Å². The molecule has 0 spiro atoms. The number of hydrogen-bond donors (Lipinski definition) is 5. The largest absolute Gasteiger partial charge is 0.492 e. The van der Waals surface area contributed by atoms with E-state index < -0.39 is 47.5 Å². The zero-order valence-electron chi connectivity index (χ0n) is 35.1. The molecular weight excluding hydrogens is 739 g/mol. The van der Waals surface area contributed by atoms with Gasteiger partial charge in [0.05, 0.1) is 0 Å². The van der Waals surface area contributed by atoms with E-state index in [0.717, 1.165) is 25.7 Å². The number of fused-ring (bicyclic) bond motifs is 5. The predicted octanol–water partition coefficient (Wildman–Crippen LogP) is 5.87. The predicted molar refractivity (Wildman–Crippen MR) is 226 cm³/mol. The van der Waals surface area contributed by atoms with Crippen LogP contribution in [-0.2, 0) is 30.4 Å². The number of carbonyl (C=O) groups excluding carboxylic acids is 4. The first-order valence-corrected chi connectivity index (χ1v) is 21.4. The summed E-state index contributed by atoms with van der Waals surface area (Å²) in [6.07, 6.45) is 13.2. The Bertz CT molecular complexity index is 1630. The quantitative estimate of drug-likeness (QED) is 0.0747. The summed E-state index contributed by atoms with van der Waals surface area (Å²) in [6, 6.07) is 7.92. The Balaban J connectivity index is 1.94. The molecule has 0 unspecified atom stereocenters. The van der Waals surface area contributed by atoms with Crippen LogP contribution in [0.4, 0.5) is 0 Å². The fourth-order valence-electron chi connectivity index (χ4n) is 7.61. The monoisotopic (exact) mass is 808 g/mol. The van der Waals surface area contributed by atoms with Crippen molar-refractivity contribution in [3.63, 3.8) is 0 Å².